The first-order chi connectivity index (χ1) is 7.31. The molecule has 80 valence electrons. The molecule has 0 bridgehead atoms. The van der Waals surface area contributed by atoms with Crippen LogP contribution in [-0.2, 0) is 22.6 Å². The van der Waals surface area contributed by atoms with Gasteiger partial charge in [0.05, 0.1) is 13.2 Å². The second-order valence-electron chi connectivity index (χ2n) is 4.13. The van der Waals surface area contributed by atoms with E-state index < -0.39 is 0 Å². The van der Waals surface area contributed by atoms with Crippen LogP contribution in [0.15, 0.2) is 18.2 Å². The predicted molar refractivity (Wildman–Crippen MR) is 58.9 cm³/mol. The fourth-order valence-corrected chi connectivity index (χ4v) is 1.98. The fraction of sp³-hybridized carbons (Fsp3) is 0.462. The molecule has 1 aliphatic rings. The summed E-state index contributed by atoms with van der Waals surface area (Å²) in [5.74, 6) is 0.315. The molecule has 1 atom stereocenters. The second-order valence-corrected chi connectivity index (χ2v) is 4.13. The molecule has 0 aliphatic carbocycles. The van der Waals surface area contributed by atoms with E-state index in [1.54, 1.807) is 0 Å². The summed E-state index contributed by atoms with van der Waals surface area (Å²) >= 11 is 0. The number of hydrogen-bond donors (Lipinski definition) is 0. The molecule has 0 amide bonds. The number of ether oxygens (including phenoxy) is 1. The zero-order valence-corrected chi connectivity index (χ0v) is 9.03. The lowest BCUT2D eigenvalue weighted by Crippen LogP contribution is -2.10. The van der Waals surface area contributed by atoms with Crippen LogP contribution >= 0.6 is 0 Å². The molecule has 15 heavy (non-hydrogen) atoms. The topological polar surface area (TPSA) is 26.3 Å². The van der Waals surface area contributed by atoms with Crippen molar-refractivity contribution in [2.24, 2.45) is 0 Å². The summed E-state index contributed by atoms with van der Waals surface area (Å²) in [5, 5.41) is 0. The third-order valence-corrected chi connectivity index (χ3v) is 3.02. The van der Waals surface area contributed by atoms with Crippen LogP contribution in [0.5, 0.6) is 0 Å². The first-order valence-corrected chi connectivity index (χ1v) is 5.44. The van der Waals surface area contributed by atoms with Crippen molar-refractivity contribution in [2.45, 2.75) is 32.3 Å². The quantitative estimate of drug-likeness (QED) is 0.707. The number of carbonyl (C=O) groups is 1. The van der Waals surface area contributed by atoms with Crippen LogP contribution in [0.3, 0.4) is 0 Å². The molecule has 0 N–H and O–H groups in total. The van der Waals surface area contributed by atoms with Gasteiger partial charge in [-0.05, 0) is 29.0 Å². The molecule has 1 aromatic carbocycles. The molecule has 2 nitrogen and oxygen atoms in total. The van der Waals surface area contributed by atoms with Gasteiger partial charge < -0.3 is 9.53 Å². The number of rotatable bonds is 3. The Bertz CT molecular complexity index is 358. The smallest absolute Gasteiger partial charge is 0.120 e. The van der Waals surface area contributed by atoms with Gasteiger partial charge in [0.15, 0.2) is 0 Å². The zero-order chi connectivity index (χ0) is 10.7. The largest absolute Gasteiger partial charge is 0.376 e. The average molecular weight is 204 g/mol. The molecule has 1 aliphatic heterocycles. The summed E-state index contributed by atoms with van der Waals surface area (Å²) in [6, 6.07) is 6.50. The van der Waals surface area contributed by atoms with E-state index in [9.17, 15) is 4.79 Å². The molecule has 0 saturated heterocycles. The van der Waals surface area contributed by atoms with Crippen LogP contribution in [-0.4, -0.2) is 12.9 Å². The van der Waals surface area contributed by atoms with Crippen molar-refractivity contribution in [3.8, 4) is 0 Å². The first kappa shape index (κ1) is 10.4. The van der Waals surface area contributed by atoms with Gasteiger partial charge in [-0.25, -0.2) is 0 Å². The van der Waals surface area contributed by atoms with Crippen molar-refractivity contribution >= 4 is 6.29 Å². The van der Waals surface area contributed by atoms with Gasteiger partial charge in [-0.3, -0.25) is 0 Å². The predicted octanol–water partition coefficient (Wildman–Crippen LogP) is 2.45. The van der Waals surface area contributed by atoms with Gasteiger partial charge in [0, 0.05) is 6.42 Å². The van der Waals surface area contributed by atoms with E-state index >= 15 is 0 Å². The first-order valence-electron chi connectivity index (χ1n) is 5.44. The van der Waals surface area contributed by atoms with Gasteiger partial charge in [-0.15, -0.1) is 0 Å². The Morgan fingerprint density at radius 3 is 3.13 bits per heavy atom. The number of aldehydes is 1. The number of benzene rings is 1. The Hall–Kier alpha value is -1.15. The van der Waals surface area contributed by atoms with E-state index in [4.69, 9.17) is 4.74 Å². The third-order valence-electron chi connectivity index (χ3n) is 3.02. The summed E-state index contributed by atoms with van der Waals surface area (Å²) in [5.41, 5.74) is 3.92. The lowest BCUT2D eigenvalue weighted by molar-refractivity contribution is -0.108. The minimum atomic E-state index is 0.315. The molecule has 0 aromatic heterocycles. The highest BCUT2D eigenvalue weighted by Crippen LogP contribution is 2.24. The lowest BCUT2D eigenvalue weighted by atomic mass is 9.93. The minimum Gasteiger partial charge on any atom is -0.376 e. The maximum Gasteiger partial charge on any atom is 0.120 e. The molecule has 0 fully saturated rings. The second kappa shape index (κ2) is 4.58. The monoisotopic (exact) mass is 204 g/mol. The van der Waals surface area contributed by atoms with E-state index in [-0.39, 0.29) is 0 Å². The zero-order valence-electron chi connectivity index (χ0n) is 9.03. The summed E-state index contributed by atoms with van der Waals surface area (Å²) in [6.45, 7) is 3.63. The summed E-state index contributed by atoms with van der Waals surface area (Å²) < 4.78 is 5.42. The SMILES string of the molecule is CC(CC=O)c1ccc2c(c1)COCC2. The van der Waals surface area contributed by atoms with Crippen molar-refractivity contribution in [3.05, 3.63) is 34.9 Å². The van der Waals surface area contributed by atoms with Gasteiger partial charge >= 0.3 is 0 Å². The number of carbonyl (C=O) groups excluding carboxylic acids is 1. The highest BCUT2D eigenvalue weighted by Gasteiger charge is 2.12. The molecule has 1 unspecified atom stereocenters. The van der Waals surface area contributed by atoms with Crippen molar-refractivity contribution in [1.29, 1.82) is 0 Å². The van der Waals surface area contributed by atoms with E-state index in [2.05, 4.69) is 25.1 Å². The van der Waals surface area contributed by atoms with Gasteiger partial charge in [-0.2, -0.15) is 0 Å². The number of hydrogen-bond acceptors (Lipinski definition) is 2. The van der Waals surface area contributed by atoms with E-state index in [0.29, 0.717) is 12.3 Å². The molecule has 1 heterocycles. The van der Waals surface area contributed by atoms with Gasteiger partial charge in [0.2, 0.25) is 0 Å². The highest BCUT2D eigenvalue weighted by atomic mass is 16.5. The molecule has 1 aromatic rings. The van der Waals surface area contributed by atoms with Crippen molar-refractivity contribution in [2.75, 3.05) is 6.61 Å². The Morgan fingerprint density at radius 1 is 1.47 bits per heavy atom. The Kier molecular flexibility index (Phi) is 3.17. The molecule has 0 radical (unpaired) electrons. The standard InChI is InChI=1S/C13H16O2/c1-10(4-6-14)12-3-2-11-5-7-15-9-13(11)8-12/h2-3,6,8,10H,4-5,7,9H2,1H3. The molecular formula is C13H16O2. The highest BCUT2D eigenvalue weighted by molar-refractivity contribution is 5.51. The summed E-state index contributed by atoms with van der Waals surface area (Å²) in [6.07, 6.45) is 2.60. The molecule has 2 heteroatoms. The lowest BCUT2D eigenvalue weighted by Gasteiger charge is -2.18. The Balaban J connectivity index is 2.23. The molecule has 2 rings (SSSR count). The maximum absolute atomic E-state index is 10.5. The van der Waals surface area contributed by atoms with E-state index in [0.717, 1.165) is 25.9 Å². The molecular weight excluding hydrogens is 188 g/mol. The molecule has 0 saturated carbocycles. The van der Waals surface area contributed by atoms with Crippen LogP contribution in [0.2, 0.25) is 0 Å². The van der Waals surface area contributed by atoms with Crippen LogP contribution in [0.4, 0.5) is 0 Å². The van der Waals surface area contributed by atoms with Crippen LogP contribution in [0.25, 0.3) is 0 Å². The molecule has 0 spiro atoms. The van der Waals surface area contributed by atoms with Crippen LogP contribution in [0.1, 0.15) is 36.0 Å². The summed E-state index contributed by atoms with van der Waals surface area (Å²) in [7, 11) is 0. The normalized spacial score (nSPS) is 16.9. The van der Waals surface area contributed by atoms with Crippen LogP contribution < -0.4 is 0 Å². The van der Waals surface area contributed by atoms with Crippen molar-refractivity contribution in [3.63, 3.8) is 0 Å². The van der Waals surface area contributed by atoms with Crippen molar-refractivity contribution in [1.82, 2.24) is 0 Å². The maximum atomic E-state index is 10.5. The average Bonchev–Trinajstić information content (AvgIpc) is 2.29. The van der Waals surface area contributed by atoms with E-state index in [1.807, 2.05) is 0 Å². The summed E-state index contributed by atoms with van der Waals surface area (Å²) in [4.78, 5) is 10.5. The van der Waals surface area contributed by atoms with Crippen LogP contribution in [0, 0.1) is 0 Å². The van der Waals surface area contributed by atoms with E-state index in [1.165, 1.54) is 16.7 Å². The Morgan fingerprint density at radius 2 is 2.33 bits per heavy atom. The fourth-order valence-electron chi connectivity index (χ4n) is 1.98. The number of fused-ring (bicyclic) bond motifs is 1. The third kappa shape index (κ3) is 2.26. The van der Waals surface area contributed by atoms with Gasteiger partial charge in [-0.1, -0.05) is 25.1 Å². The van der Waals surface area contributed by atoms with Gasteiger partial charge in [0.25, 0.3) is 0 Å². The minimum absolute atomic E-state index is 0.315. The van der Waals surface area contributed by atoms with Crippen molar-refractivity contribution < 1.29 is 9.53 Å². The van der Waals surface area contributed by atoms with Gasteiger partial charge in [0.1, 0.15) is 6.29 Å². The Labute approximate surface area is 90.3 Å².